The molecule has 0 bridgehead atoms. The number of amides is 4. The highest BCUT2D eigenvalue weighted by Gasteiger charge is 2.20. The molecule has 4 aromatic carbocycles. The number of nitrogens with one attached hydrogen (secondary N) is 4. The van der Waals surface area contributed by atoms with Crippen molar-refractivity contribution < 1.29 is 19.1 Å². The molecule has 0 atom stereocenters. The van der Waals surface area contributed by atoms with Crippen LogP contribution in [0.5, 0.6) is 11.5 Å². The highest BCUT2D eigenvalue weighted by atomic mass is 32.2. The fourth-order valence-electron chi connectivity index (χ4n) is 4.51. The largest absolute Gasteiger partial charge is 0.491 e. The lowest BCUT2D eigenvalue weighted by Gasteiger charge is -2.23. The molecular weight excluding hydrogens is 609 g/mol. The maximum atomic E-state index is 12.3. The van der Waals surface area contributed by atoms with E-state index in [1.54, 1.807) is 11.8 Å². The molecule has 248 valence electrons. The van der Waals surface area contributed by atoms with Crippen molar-refractivity contribution in [3.8, 4) is 11.5 Å². The number of hydrogen-bond donors (Lipinski definition) is 4. The van der Waals surface area contributed by atoms with E-state index in [-0.39, 0.29) is 22.9 Å². The lowest BCUT2D eigenvalue weighted by molar-refractivity contribution is 0.246. The smallest absolute Gasteiger partial charge is 0.319 e. The normalized spacial score (nSPS) is 11.4. The SMILES string of the molecule is CC(C)(C)c1ccc(OCCNC(=O)Nc2ccccc2)c(Sc2cc(C(C)(C)C)ccc2OCCNC(=O)Nc2ccccc2)c1. The number of rotatable bonds is 12. The summed E-state index contributed by atoms with van der Waals surface area (Å²) < 4.78 is 12.5. The van der Waals surface area contributed by atoms with Gasteiger partial charge in [-0.25, -0.2) is 9.59 Å². The third kappa shape index (κ3) is 11.3. The number of benzene rings is 4. The molecule has 0 aliphatic heterocycles. The van der Waals surface area contributed by atoms with Crippen molar-refractivity contribution in [3.63, 3.8) is 0 Å². The lowest BCUT2D eigenvalue weighted by Crippen LogP contribution is -2.32. The lowest BCUT2D eigenvalue weighted by atomic mass is 9.87. The van der Waals surface area contributed by atoms with E-state index in [2.05, 4.69) is 87.1 Å². The van der Waals surface area contributed by atoms with Crippen molar-refractivity contribution in [3.05, 3.63) is 108 Å². The summed E-state index contributed by atoms with van der Waals surface area (Å²) in [6.07, 6.45) is 0. The van der Waals surface area contributed by atoms with Crippen LogP contribution in [0.15, 0.2) is 107 Å². The zero-order valence-electron chi connectivity index (χ0n) is 28.1. The van der Waals surface area contributed by atoms with E-state index >= 15 is 0 Å². The summed E-state index contributed by atoms with van der Waals surface area (Å²) in [6, 6.07) is 30.5. The minimum atomic E-state index is -0.287. The van der Waals surface area contributed by atoms with Crippen LogP contribution in [0.2, 0.25) is 0 Å². The van der Waals surface area contributed by atoms with Crippen molar-refractivity contribution in [2.75, 3.05) is 36.9 Å². The van der Waals surface area contributed by atoms with E-state index in [0.717, 1.165) is 32.7 Å². The van der Waals surface area contributed by atoms with Gasteiger partial charge in [0.05, 0.1) is 22.9 Å². The van der Waals surface area contributed by atoms with Crippen LogP contribution >= 0.6 is 11.8 Å². The number of para-hydroxylation sites is 2. The summed E-state index contributed by atoms with van der Waals surface area (Å²) in [5.41, 5.74) is 3.67. The minimum Gasteiger partial charge on any atom is -0.491 e. The summed E-state index contributed by atoms with van der Waals surface area (Å²) in [4.78, 5) is 26.6. The second kappa shape index (κ2) is 16.3. The Labute approximate surface area is 283 Å². The first-order chi connectivity index (χ1) is 22.4. The second-order valence-electron chi connectivity index (χ2n) is 13.1. The van der Waals surface area contributed by atoms with Crippen LogP contribution in [0, 0.1) is 0 Å². The van der Waals surface area contributed by atoms with Crippen LogP contribution in [0.4, 0.5) is 21.0 Å². The minimum absolute atomic E-state index is 0.0660. The number of carbonyl (C=O) groups is 2. The first kappa shape index (κ1) is 35.2. The summed E-state index contributed by atoms with van der Waals surface area (Å²) in [5.74, 6) is 1.44. The maximum Gasteiger partial charge on any atom is 0.319 e. The van der Waals surface area contributed by atoms with E-state index in [9.17, 15) is 9.59 Å². The molecule has 0 saturated heterocycles. The van der Waals surface area contributed by atoms with Gasteiger partial charge in [0.15, 0.2) is 0 Å². The van der Waals surface area contributed by atoms with Crippen molar-refractivity contribution >= 4 is 35.2 Å². The number of carbonyl (C=O) groups excluding carboxylic acids is 2. The van der Waals surface area contributed by atoms with Gasteiger partial charge in [-0.05, 0) is 70.5 Å². The van der Waals surface area contributed by atoms with Gasteiger partial charge in [-0.15, -0.1) is 0 Å². The molecule has 0 radical (unpaired) electrons. The van der Waals surface area contributed by atoms with Crippen LogP contribution in [0.1, 0.15) is 52.7 Å². The molecule has 0 fully saturated rings. The monoisotopic (exact) mass is 654 g/mol. The van der Waals surface area contributed by atoms with Crippen molar-refractivity contribution in [2.24, 2.45) is 0 Å². The molecule has 0 unspecified atom stereocenters. The van der Waals surface area contributed by atoms with Gasteiger partial charge in [-0.1, -0.05) is 102 Å². The Kier molecular flexibility index (Phi) is 12.2. The Hall–Kier alpha value is -4.63. The Morgan fingerprint density at radius 2 is 0.957 bits per heavy atom. The molecule has 9 heteroatoms. The fourth-order valence-corrected chi connectivity index (χ4v) is 5.57. The summed E-state index contributed by atoms with van der Waals surface area (Å²) in [6.45, 7) is 14.4. The zero-order valence-corrected chi connectivity index (χ0v) is 28.9. The van der Waals surface area contributed by atoms with Gasteiger partial charge in [0, 0.05) is 11.4 Å². The van der Waals surface area contributed by atoms with E-state index < -0.39 is 0 Å². The summed E-state index contributed by atoms with van der Waals surface area (Å²) in [5, 5.41) is 11.3. The van der Waals surface area contributed by atoms with Crippen molar-refractivity contribution in [1.82, 2.24) is 10.6 Å². The quantitative estimate of drug-likeness (QED) is 0.114. The van der Waals surface area contributed by atoms with E-state index in [1.807, 2.05) is 72.8 Å². The Balaban J connectivity index is 1.46. The average molecular weight is 655 g/mol. The molecule has 0 spiro atoms. The van der Waals surface area contributed by atoms with Gasteiger partial charge in [0.2, 0.25) is 0 Å². The van der Waals surface area contributed by atoms with Crippen LogP contribution in [0.3, 0.4) is 0 Å². The molecule has 4 N–H and O–H groups in total. The van der Waals surface area contributed by atoms with Gasteiger partial charge in [0.1, 0.15) is 24.7 Å². The van der Waals surface area contributed by atoms with Crippen molar-refractivity contribution in [1.29, 1.82) is 0 Å². The Morgan fingerprint density at radius 3 is 1.32 bits per heavy atom. The number of anilines is 2. The van der Waals surface area contributed by atoms with Gasteiger partial charge in [0.25, 0.3) is 0 Å². The second-order valence-corrected chi connectivity index (χ2v) is 14.2. The van der Waals surface area contributed by atoms with Gasteiger partial charge < -0.3 is 30.7 Å². The topological polar surface area (TPSA) is 101 Å². The molecule has 0 saturated carbocycles. The Bertz CT molecular complexity index is 1500. The van der Waals surface area contributed by atoms with E-state index in [4.69, 9.17) is 9.47 Å². The number of urea groups is 2. The Morgan fingerprint density at radius 1 is 0.574 bits per heavy atom. The van der Waals surface area contributed by atoms with Gasteiger partial charge in [-0.3, -0.25) is 0 Å². The molecular formula is C38H46N4O4S. The number of ether oxygens (including phenoxy) is 2. The molecule has 0 heterocycles. The molecule has 0 aliphatic carbocycles. The molecule has 0 aromatic heterocycles. The molecule has 8 nitrogen and oxygen atoms in total. The third-order valence-electron chi connectivity index (χ3n) is 7.19. The third-order valence-corrected chi connectivity index (χ3v) is 8.27. The summed E-state index contributed by atoms with van der Waals surface area (Å²) >= 11 is 1.58. The molecule has 4 amide bonds. The standard InChI is InChI=1S/C38H46N4O4S/c1-37(2,3)27-17-19-31(45-23-21-39-35(43)41-29-13-9-7-10-14-29)33(25-27)47-34-26-28(38(4,5)6)18-20-32(34)46-24-22-40-36(44)42-30-15-11-8-12-16-30/h7-20,25-26H,21-24H2,1-6H3,(H2,39,41,43)(H2,40,42,44). The molecule has 0 aliphatic rings. The van der Waals surface area contributed by atoms with Crippen molar-refractivity contribution in [2.45, 2.75) is 62.2 Å². The van der Waals surface area contributed by atoms with E-state index in [1.165, 1.54) is 11.1 Å². The maximum absolute atomic E-state index is 12.3. The first-order valence-corrected chi connectivity index (χ1v) is 16.6. The number of hydrogen-bond acceptors (Lipinski definition) is 5. The average Bonchev–Trinajstić information content (AvgIpc) is 3.02. The van der Waals surface area contributed by atoms with Crippen LogP contribution in [-0.4, -0.2) is 38.4 Å². The predicted molar refractivity (Wildman–Crippen MR) is 192 cm³/mol. The van der Waals surface area contributed by atoms with Gasteiger partial charge in [-0.2, -0.15) is 0 Å². The van der Waals surface area contributed by atoms with Crippen LogP contribution < -0.4 is 30.7 Å². The molecule has 4 rings (SSSR count). The highest BCUT2D eigenvalue weighted by molar-refractivity contribution is 7.99. The van der Waals surface area contributed by atoms with Crippen LogP contribution in [0.25, 0.3) is 0 Å². The van der Waals surface area contributed by atoms with E-state index in [0.29, 0.717) is 26.3 Å². The summed E-state index contributed by atoms with van der Waals surface area (Å²) in [7, 11) is 0. The predicted octanol–water partition coefficient (Wildman–Crippen LogP) is 8.83. The fraction of sp³-hybridized carbons (Fsp3) is 0.316. The van der Waals surface area contributed by atoms with Gasteiger partial charge >= 0.3 is 12.1 Å². The first-order valence-electron chi connectivity index (χ1n) is 15.8. The van der Waals surface area contributed by atoms with Crippen LogP contribution in [-0.2, 0) is 10.8 Å². The molecule has 4 aromatic rings. The molecule has 47 heavy (non-hydrogen) atoms. The highest BCUT2D eigenvalue weighted by Crippen LogP contribution is 2.43. The zero-order chi connectivity index (χ0) is 33.9.